The predicted molar refractivity (Wildman–Crippen MR) is 74.4 cm³/mol. The summed E-state index contributed by atoms with van der Waals surface area (Å²) < 4.78 is 27.6. The van der Waals surface area contributed by atoms with Gasteiger partial charge in [-0.15, -0.1) is 0 Å². The Labute approximate surface area is 116 Å². The highest BCUT2D eigenvalue weighted by molar-refractivity contribution is 5.52. The Morgan fingerprint density at radius 2 is 1.80 bits per heavy atom. The average Bonchev–Trinajstić information content (AvgIpc) is 2.44. The van der Waals surface area contributed by atoms with Gasteiger partial charge in [0.2, 0.25) is 0 Å². The molecular formula is C16H14F2N2. The van der Waals surface area contributed by atoms with Crippen LogP contribution in [-0.2, 0) is 6.54 Å². The van der Waals surface area contributed by atoms with E-state index in [1.54, 1.807) is 18.0 Å². The predicted octanol–water partition coefficient (Wildman–Crippen LogP) is 3.78. The maximum Gasteiger partial charge on any atom is 0.183 e. The minimum Gasteiger partial charge on any atom is -0.368 e. The first-order chi connectivity index (χ1) is 9.54. The van der Waals surface area contributed by atoms with Crippen LogP contribution in [0.3, 0.4) is 0 Å². The Balaban J connectivity index is 2.31. The van der Waals surface area contributed by atoms with Gasteiger partial charge in [-0.2, -0.15) is 5.26 Å². The Kier molecular flexibility index (Phi) is 3.99. The third-order valence-electron chi connectivity index (χ3n) is 3.26. The van der Waals surface area contributed by atoms with Crippen LogP contribution in [0.4, 0.5) is 14.5 Å². The first-order valence-corrected chi connectivity index (χ1v) is 6.18. The van der Waals surface area contributed by atoms with Crippen LogP contribution >= 0.6 is 0 Å². The van der Waals surface area contributed by atoms with Crippen LogP contribution in [0.25, 0.3) is 0 Å². The number of hydrogen-bond donors (Lipinski definition) is 0. The number of benzene rings is 2. The van der Waals surface area contributed by atoms with Gasteiger partial charge in [0.25, 0.3) is 0 Å². The SMILES string of the molecule is Cc1ccccc1CN(C)c1ccc(C#N)c(F)c1F. The molecule has 102 valence electrons. The molecule has 0 aromatic heterocycles. The number of nitrogens with zero attached hydrogens (tertiary/aromatic N) is 2. The lowest BCUT2D eigenvalue weighted by molar-refractivity contribution is 0.505. The van der Waals surface area contributed by atoms with Crippen LogP contribution in [0.5, 0.6) is 0 Å². The molecule has 0 heterocycles. The van der Waals surface area contributed by atoms with E-state index in [-0.39, 0.29) is 11.3 Å². The molecule has 0 radical (unpaired) electrons. The number of hydrogen-bond acceptors (Lipinski definition) is 2. The van der Waals surface area contributed by atoms with E-state index in [9.17, 15) is 8.78 Å². The monoisotopic (exact) mass is 272 g/mol. The normalized spacial score (nSPS) is 10.2. The van der Waals surface area contributed by atoms with Crippen molar-refractivity contribution < 1.29 is 8.78 Å². The molecule has 0 atom stereocenters. The zero-order valence-corrected chi connectivity index (χ0v) is 11.3. The summed E-state index contributed by atoms with van der Waals surface area (Å²) in [5, 5.41) is 8.67. The molecule has 2 nitrogen and oxygen atoms in total. The van der Waals surface area contributed by atoms with Crippen molar-refractivity contribution in [3.63, 3.8) is 0 Å². The summed E-state index contributed by atoms with van der Waals surface area (Å²) in [6.07, 6.45) is 0. The molecule has 0 aliphatic rings. The van der Waals surface area contributed by atoms with E-state index in [1.807, 2.05) is 31.2 Å². The van der Waals surface area contributed by atoms with Crippen LogP contribution < -0.4 is 4.90 Å². The molecule has 0 spiro atoms. The summed E-state index contributed by atoms with van der Waals surface area (Å²) >= 11 is 0. The summed E-state index contributed by atoms with van der Waals surface area (Å²) in [4.78, 5) is 1.63. The van der Waals surface area contributed by atoms with Crippen LogP contribution in [0, 0.1) is 29.9 Å². The Bertz CT molecular complexity index is 675. The molecule has 0 N–H and O–H groups in total. The molecule has 20 heavy (non-hydrogen) atoms. The van der Waals surface area contributed by atoms with E-state index >= 15 is 0 Å². The quantitative estimate of drug-likeness (QED) is 0.850. The van der Waals surface area contributed by atoms with Crippen molar-refractivity contribution in [1.29, 1.82) is 5.26 Å². The van der Waals surface area contributed by atoms with Gasteiger partial charge in [0.1, 0.15) is 6.07 Å². The first kappa shape index (κ1) is 14.0. The molecule has 2 aromatic rings. The molecule has 0 aliphatic carbocycles. The third kappa shape index (κ3) is 2.62. The van der Waals surface area contributed by atoms with Gasteiger partial charge in [-0.05, 0) is 30.2 Å². The fourth-order valence-electron chi connectivity index (χ4n) is 2.05. The van der Waals surface area contributed by atoms with Gasteiger partial charge in [0, 0.05) is 13.6 Å². The zero-order chi connectivity index (χ0) is 14.7. The Morgan fingerprint density at radius 1 is 1.10 bits per heavy atom. The number of rotatable bonds is 3. The molecule has 0 saturated carbocycles. The summed E-state index contributed by atoms with van der Waals surface area (Å²) in [5.74, 6) is -2.08. The van der Waals surface area contributed by atoms with Crippen LogP contribution in [0.2, 0.25) is 0 Å². The van der Waals surface area contributed by atoms with Crippen molar-refractivity contribution in [1.82, 2.24) is 0 Å². The second-order valence-corrected chi connectivity index (χ2v) is 4.65. The lowest BCUT2D eigenvalue weighted by Crippen LogP contribution is -2.19. The highest BCUT2D eigenvalue weighted by atomic mass is 19.2. The van der Waals surface area contributed by atoms with E-state index in [4.69, 9.17) is 5.26 Å². The van der Waals surface area contributed by atoms with Gasteiger partial charge in [-0.3, -0.25) is 0 Å². The molecule has 2 rings (SSSR count). The van der Waals surface area contributed by atoms with E-state index in [0.717, 1.165) is 11.1 Å². The van der Waals surface area contributed by atoms with Crippen molar-refractivity contribution in [2.45, 2.75) is 13.5 Å². The lowest BCUT2D eigenvalue weighted by atomic mass is 10.1. The summed E-state index contributed by atoms with van der Waals surface area (Å²) in [6.45, 7) is 2.44. The van der Waals surface area contributed by atoms with E-state index in [0.29, 0.717) is 6.54 Å². The second-order valence-electron chi connectivity index (χ2n) is 4.65. The third-order valence-corrected chi connectivity index (χ3v) is 3.26. The van der Waals surface area contributed by atoms with Crippen molar-refractivity contribution >= 4 is 5.69 Å². The molecule has 0 fully saturated rings. The number of halogens is 2. The standard InChI is InChI=1S/C16H14F2N2/c1-11-5-3-4-6-13(11)10-20(2)14-8-7-12(9-19)15(17)16(14)18/h3-8H,10H2,1-2H3. The molecule has 0 bridgehead atoms. The van der Waals surface area contributed by atoms with Crippen LogP contribution in [0.15, 0.2) is 36.4 Å². The minimum absolute atomic E-state index is 0.143. The van der Waals surface area contributed by atoms with Gasteiger partial charge in [-0.1, -0.05) is 24.3 Å². The highest BCUT2D eigenvalue weighted by Crippen LogP contribution is 2.24. The van der Waals surface area contributed by atoms with Gasteiger partial charge >= 0.3 is 0 Å². The van der Waals surface area contributed by atoms with Crippen LogP contribution in [-0.4, -0.2) is 7.05 Å². The topological polar surface area (TPSA) is 27.0 Å². The number of anilines is 1. The van der Waals surface area contributed by atoms with Crippen LogP contribution in [0.1, 0.15) is 16.7 Å². The summed E-state index contributed by atoms with van der Waals surface area (Å²) in [6, 6.07) is 12.1. The molecule has 0 amide bonds. The van der Waals surface area contributed by atoms with Gasteiger partial charge in [0.05, 0.1) is 11.3 Å². The number of aryl methyl sites for hydroxylation is 1. The molecule has 4 heteroatoms. The van der Waals surface area contributed by atoms with Gasteiger partial charge < -0.3 is 4.90 Å². The van der Waals surface area contributed by atoms with Crippen molar-refractivity contribution in [3.8, 4) is 6.07 Å². The molecule has 0 aliphatic heterocycles. The number of nitriles is 1. The molecule has 0 saturated heterocycles. The summed E-state index contributed by atoms with van der Waals surface area (Å²) in [5.41, 5.74) is 1.99. The fraction of sp³-hybridized carbons (Fsp3) is 0.188. The summed E-state index contributed by atoms with van der Waals surface area (Å²) in [7, 11) is 1.69. The maximum absolute atomic E-state index is 13.9. The van der Waals surface area contributed by atoms with E-state index < -0.39 is 11.6 Å². The lowest BCUT2D eigenvalue weighted by Gasteiger charge is -2.21. The average molecular weight is 272 g/mol. The van der Waals surface area contributed by atoms with Gasteiger partial charge in [0.15, 0.2) is 11.6 Å². The Morgan fingerprint density at radius 3 is 2.45 bits per heavy atom. The largest absolute Gasteiger partial charge is 0.368 e. The van der Waals surface area contributed by atoms with Crippen molar-refractivity contribution in [3.05, 3.63) is 64.7 Å². The molecule has 2 aromatic carbocycles. The fourth-order valence-corrected chi connectivity index (χ4v) is 2.05. The highest BCUT2D eigenvalue weighted by Gasteiger charge is 2.16. The van der Waals surface area contributed by atoms with E-state index in [1.165, 1.54) is 12.1 Å². The minimum atomic E-state index is -1.10. The van der Waals surface area contributed by atoms with Crippen molar-refractivity contribution in [2.75, 3.05) is 11.9 Å². The van der Waals surface area contributed by atoms with Gasteiger partial charge in [-0.25, -0.2) is 8.78 Å². The van der Waals surface area contributed by atoms with Crippen molar-refractivity contribution in [2.24, 2.45) is 0 Å². The maximum atomic E-state index is 13.9. The van der Waals surface area contributed by atoms with E-state index in [2.05, 4.69) is 0 Å². The smallest absolute Gasteiger partial charge is 0.183 e. The Hall–Kier alpha value is -2.41. The molecular weight excluding hydrogens is 258 g/mol. The second kappa shape index (κ2) is 5.70. The molecule has 0 unspecified atom stereocenters. The zero-order valence-electron chi connectivity index (χ0n) is 11.3. The first-order valence-electron chi connectivity index (χ1n) is 6.18.